The van der Waals surface area contributed by atoms with Gasteiger partial charge in [-0.15, -0.1) is 0 Å². The Morgan fingerprint density at radius 3 is 2.41 bits per heavy atom. The third-order valence-corrected chi connectivity index (χ3v) is 6.48. The van der Waals surface area contributed by atoms with E-state index in [9.17, 15) is 18.0 Å². The van der Waals surface area contributed by atoms with Crippen molar-refractivity contribution in [2.45, 2.75) is 17.7 Å². The smallest absolute Gasteiger partial charge is 0.340 e. The van der Waals surface area contributed by atoms with Crippen molar-refractivity contribution in [3.63, 3.8) is 0 Å². The van der Waals surface area contributed by atoms with E-state index in [1.165, 1.54) is 16.4 Å². The molecule has 1 aromatic rings. The number of benzene rings is 1. The monoisotopic (exact) mass is 397 g/mol. The summed E-state index contributed by atoms with van der Waals surface area (Å²) in [5.41, 5.74) is 5.75. The highest BCUT2D eigenvalue weighted by Gasteiger charge is 2.29. The number of carbonyl (C=O) groups excluding carboxylic acids is 2. The van der Waals surface area contributed by atoms with E-state index in [-0.39, 0.29) is 23.5 Å². The molecule has 0 atom stereocenters. The molecule has 2 aliphatic rings. The minimum absolute atomic E-state index is 0.0124. The summed E-state index contributed by atoms with van der Waals surface area (Å²) in [6.07, 6.45) is 1.98. The molecule has 10 heteroatoms. The Kier molecular flexibility index (Phi) is 5.98. The molecule has 2 saturated heterocycles. The van der Waals surface area contributed by atoms with Crippen LogP contribution in [0.15, 0.2) is 23.1 Å². The molecule has 1 aromatic carbocycles. The summed E-state index contributed by atoms with van der Waals surface area (Å²) in [7, 11) is -3.75. The second-order valence-electron chi connectivity index (χ2n) is 6.43. The van der Waals surface area contributed by atoms with Gasteiger partial charge in [-0.1, -0.05) is 0 Å². The molecule has 0 unspecified atom stereocenters. The van der Waals surface area contributed by atoms with E-state index in [2.05, 4.69) is 0 Å². The topological polar surface area (TPSA) is 119 Å². The van der Waals surface area contributed by atoms with E-state index in [0.29, 0.717) is 18.9 Å². The molecule has 1 amide bonds. The van der Waals surface area contributed by atoms with Gasteiger partial charge in [-0.05, 0) is 31.0 Å². The number of morpholine rings is 1. The molecule has 9 nitrogen and oxygen atoms in total. The van der Waals surface area contributed by atoms with Crippen LogP contribution in [0.2, 0.25) is 0 Å². The van der Waals surface area contributed by atoms with Crippen LogP contribution in [0.25, 0.3) is 0 Å². The lowest BCUT2D eigenvalue weighted by Gasteiger charge is -2.27. The van der Waals surface area contributed by atoms with Gasteiger partial charge in [0.05, 0.1) is 29.4 Å². The van der Waals surface area contributed by atoms with Crippen LogP contribution in [-0.4, -0.2) is 70.6 Å². The zero-order valence-corrected chi connectivity index (χ0v) is 15.7. The van der Waals surface area contributed by atoms with Crippen molar-refractivity contribution in [3.05, 3.63) is 23.8 Å². The molecule has 2 aliphatic heterocycles. The largest absolute Gasteiger partial charge is 0.452 e. The van der Waals surface area contributed by atoms with Crippen LogP contribution in [0, 0.1) is 0 Å². The van der Waals surface area contributed by atoms with Crippen molar-refractivity contribution < 1.29 is 27.5 Å². The van der Waals surface area contributed by atoms with Crippen LogP contribution >= 0.6 is 0 Å². The van der Waals surface area contributed by atoms with Crippen molar-refractivity contribution in [1.82, 2.24) is 4.31 Å². The Balaban J connectivity index is 1.95. The predicted molar refractivity (Wildman–Crippen MR) is 96.9 cm³/mol. The highest BCUT2D eigenvalue weighted by atomic mass is 32.2. The zero-order valence-electron chi connectivity index (χ0n) is 14.9. The van der Waals surface area contributed by atoms with Gasteiger partial charge in [0.25, 0.3) is 5.91 Å². The molecule has 0 aromatic heterocycles. The summed E-state index contributed by atoms with van der Waals surface area (Å²) in [5.74, 6) is -1.54. The maximum Gasteiger partial charge on any atom is 0.340 e. The quantitative estimate of drug-likeness (QED) is 0.668. The number of carbonyl (C=O) groups is 2. The van der Waals surface area contributed by atoms with Crippen LogP contribution in [0.3, 0.4) is 0 Å². The SMILES string of the molecule is NC(=O)COC(=O)c1cc(S(=O)(=O)N2CCOCC2)ccc1N1CCCC1. The molecule has 0 aliphatic carbocycles. The zero-order chi connectivity index (χ0) is 19.4. The summed E-state index contributed by atoms with van der Waals surface area (Å²) >= 11 is 0. The van der Waals surface area contributed by atoms with E-state index in [1.54, 1.807) is 6.07 Å². The maximum atomic E-state index is 12.9. The fourth-order valence-corrected chi connectivity index (χ4v) is 4.66. The number of ether oxygens (including phenoxy) is 2. The third-order valence-electron chi connectivity index (χ3n) is 4.59. The number of primary amides is 1. The molecule has 0 saturated carbocycles. The number of amides is 1. The molecule has 2 heterocycles. The number of esters is 1. The van der Waals surface area contributed by atoms with Gasteiger partial charge in [-0.25, -0.2) is 13.2 Å². The lowest BCUT2D eigenvalue weighted by Crippen LogP contribution is -2.40. The maximum absolute atomic E-state index is 12.9. The van der Waals surface area contributed by atoms with Gasteiger partial charge in [0.2, 0.25) is 10.0 Å². The van der Waals surface area contributed by atoms with E-state index in [4.69, 9.17) is 15.2 Å². The van der Waals surface area contributed by atoms with Gasteiger partial charge >= 0.3 is 5.97 Å². The van der Waals surface area contributed by atoms with Crippen molar-refractivity contribution in [2.24, 2.45) is 5.73 Å². The first-order valence-corrected chi connectivity index (χ1v) is 10.3. The van der Waals surface area contributed by atoms with E-state index >= 15 is 0 Å². The Morgan fingerprint density at radius 1 is 1.11 bits per heavy atom. The number of nitrogens with two attached hydrogens (primary N) is 1. The fourth-order valence-electron chi connectivity index (χ4n) is 3.22. The first-order valence-electron chi connectivity index (χ1n) is 8.82. The number of anilines is 1. The van der Waals surface area contributed by atoms with Crippen LogP contribution in [-0.2, 0) is 24.3 Å². The van der Waals surface area contributed by atoms with Crippen molar-refractivity contribution in [2.75, 3.05) is 50.9 Å². The molecule has 0 spiro atoms. The van der Waals surface area contributed by atoms with E-state index < -0.39 is 28.5 Å². The third kappa shape index (κ3) is 4.40. The first kappa shape index (κ1) is 19.6. The van der Waals surface area contributed by atoms with Crippen molar-refractivity contribution in [3.8, 4) is 0 Å². The molecule has 3 rings (SSSR count). The van der Waals surface area contributed by atoms with E-state index in [0.717, 1.165) is 25.9 Å². The molecule has 27 heavy (non-hydrogen) atoms. The lowest BCUT2D eigenvalue weighted by molar-refractivity contribution is -0.121. The minimum Gasteiger partial charge on any atom is -0.452 e. The van der Waals surface area contributed by atoms with Gasteiger partial charge < -0.3 is 20.1 Å². The second kappa shape index (κ2) is 8.24. The molecular weight excluding hydrogens is 374 g/mol. The molecule has 0 radical (unpaired) electrons. The standard InChI is InChI=1S/C17H23N3O6S/c18-16(21)12-26-17(22)14-11-13(3-4-15(14)19-5-1-2-6-19)27(23,24)20-7-9-25-10-8-20/h3-4,11H,1-2,5-10,12H2,(H2,18,21). The molecule has 148 valence electrons. The Hall–Kier alpha value is -2.17. The highest BCUT2D eigenvalue weighted by Crippen LogP contribution is 2.29. The second-order valence-corrected chi connectivity index (χ2v) is 8.37. The van der Waals surface area contributed by atoms with Gasteiger partial charge in [0, 0.05) is 26.2 Å². The van der Waals surface area contributed by atoms with Crippen LogP contribution < -0.4 is 10.6 Å². The average molecular weight is 397 g/mol. The molecule has 0 bridgehead atoms. The predicted octanol–water partition coefficient (Wildman–Crippen LogP) is -0.0502. The lowest BCUT2D eigenvalue weighted by atomic mass is 10.1. The minimum atomic E-state index is -3.75. The van der Waals surface area contributed by atoms with Crippen LogP contribution in [0.5, 0.6) is 0 Å². The summed E-state index contributed by atoms with van der Waals surface area (Å²) < 4.78 is 37.3. The Morgan fingerprint density at radius 2 is 1.78 bits per heavy atom. The molecular formula is C17H23N3O6S. The number of nitrogens with zero attached hydrogens (tertiary/aromatic N) is 2. The Labute approximate surface area is 158 Å². The van der Waals surface area contributed by atoms with Gasteiger partial charge in [0.1, 0.15) is 0 Å². The summed E-state index contributed by atoms with van der Waals surface area (Å²) in [6.45, 7) is 2.17. The first-order chi connectivity index (χ1) is 12.9. The Bertz CT molecular complexity index is 814. The van der Waals surface area contributed by atoms with Crippen LogP contribution in [0.1, 0.15) is 23.2 Å². The highest BCUT2D eigenvalue weighted by molar-refractivity contribution is 7.89. The van der Waals surface area contributed by atoms with Gasteiger partial charge in [-0.2, -0.15) is 4.31 Å². The number of rotatable bonds is 6. The van der Waals surface area contributed by atoms with Gasteiger partial charge in [-0.3, -0.25) is 4.79 Å². The fraction of sp³-hybridized carbons (Fsp3) is 0.529. The number of sulfonamides is 1. The summed E-state index contributed by atoms with van der Waals surface area (Å²) in [6, 6.07) is 4.45. The normalized spacial score (nSPS) is 18.4. The summed E-state index contributed by atoms with van der Waals surface area (Å²) in [5, 5.41) is 0. The van der Waals surface area contributed by atoms with Crippen LogP contribution in [0.4, 0.5) is 5.69 Å². The number of hydrogen-bond acceptors (Lipinski definition) is 7. The molecule has 2 N–H and O–H groups in total. The van der Waals surface area contributed by atoms with Crippen molar-refractivity contribution in [1.29, 1.82) is 0 Å². The number of hydrogen-bond donors (Lipinski definition) is 1. The molecule has 2 fully saturated rings. The van der Waals surface area contributed by atoms with E-state index in [1.807, 2.05) is 4.90 Å². The van der Waals surface area contributed by atoms with Gasteiger partial charge in [0.15, 0.2) is 6.61 Å². The summed E-state index contributed by atoms with van der Waals surface area (Å²) in [4.78, 5) is 25.4. The van der Waals surface area contributed by atoms with Crippen molar-refractivity contribution >= 4 is 27.6 Å². The average Bonchev–Trinajstić information content (AvgIpc) is 3.21.